The van der Waals surface area contributed by atoms with Gasteiger partial charge in [0.15, 0.2) is 0 Å². The van der Waals surface area contributed by atoms with Crippen LogP contribution in [0.4, 0.5) is 0 Å². The van der Waals surface area contributed by atoms with E-state index in [0.717, 1.165) is 17.5 Å². The maximum Gasteiger partial charge on any atom is 0.246 e. The fraction of sp³-hybridized carbons (Fsp3) is 0.333. The van der Waals surface area contributed by atoms with Gasteiger partial charge < -0.3 is 0 Å². The summed E-state index contributed by atoms with van der Waals surface area (Å²) in [4.78, 5) is 0.270. The van der Waals surface area contributed by atoms with E-state index < -0.39 is 10.0 Å². The molecule has 90 valence electrons. The zero-order valence-corrected chi connectivity index (χ0v) is 11.2. The molecule has 1 aliphatic rings. The van der Waals surface area contributed by atoms with Crippen LogP contribution in [0.5, 0.6) is 0 Å². The molecule has 1 aromatic carbocycles. The second-order valence-electron chi connectivity index (χ2n) is 3.61. The van der Waals surface area contributed by atoms with E-state index in [1.807, 2.05) is 0 Å². The van der Waals surface area contributed by atoms with Gasteiger partial charge in [-0.25, -0.2) is 8.42 Å². The summed E-state index contributed by atoms with van der Waals surface area (Å²) in [6, 6.07) is 5.08. The summed E-state index contributed by atoms with van der Waals surface area (Å²) in [6.07, 6.45) is 0. The zero-order chi connectivity index (χ0) is 11.9. The lowest BCUT2D eigenvalue weighted by Gasteiger charge is -2.14. The highest BCUT2D eigenvalue weighted by Crippen LogP contribution is 2.27. The first-order valence-electron chi connectivity index (χ1n) is 4.99. The van der Waals surface area contributed by atoms with Crippen molar-refractivity contribution >= 4 is 44.5 Å². The van der Waals surface area contributed by atoms with Gasteiger partial charge in [-0.1, -0.05) is 6.07 Å². The quantitative estimate of drug-likeness (QED) is 0.835. The van der Waals surface area contributed by atoms with Gasteiger partial charge in [0.25, 0.3) is 0 Å². The lowest BCUT2D eigenvalue weighted by Crippen LogP contribution is -2.28. The van der Waals surface area contributed by atoms with Gasteiger partial charge in [-0.05, 0) is 12.1 Å². The van der Waals surface area contributed by atoms with Crippen LogP contribution in [0.15, 0.2) is 23.1 Å². The number of fused-ring (bicyclic) bond motifs is 1. The number of hydrogen-bond donors (Lipinski definition) is 0. The lowest BCUT2D eigenvalue weighted by atomic mass is 10.3. The minimum absolute atomic E-state index is 0.270. The van der Waals surface area contributed by atoms with Gasteiger partial charge in [0, 0.05) is 12.3 Å². The molecule has 0 aliphatic carbocycles. The van der Waals surface area contributed by atoms with Gasteiger partial charge in [0.05, 0.1) is 17.6 Å². The van der Waals surface area contributed by atoms with Gasteiger partial charge in [-0.15, -0.1) is 11.8 Å². The maximum atomic E-state index is 12.4. The summed E-state index contributed by atoms with van der Waals surface area (Å²) in [5.41, 5.74) is 1.12. The highest BCUT2D eigenvalue weighted by atomic mass is 32.2. The molecule has 8 heteroatoms. The van der Waals surface area contributed by atoms with Crippen LogP contribution in [0.2, 0.25) is 0 Å². The minimum Gasteiger partial charge on any atom is -0.207 e. The largest absolute Gasteiger partial charge is 0.246 e. The monoisotopic (exact) mass is 287 g/mol. The predicted molar refractivity (Wildman–Crippen MR) is 68.6 cm³/mol. The molecular formula is C9H9N3O2S3. The Kier molecular flexibility index (Phi) is 2.81. The van der Waals surface area contributed by atoms with Crippen molar-refractivity contribution < 1.29 is 8.42 Å². The number of thioether (sulfide) groups is 1. The molecule has 2 aromatic rings. The molecule has 0 amide bonds. The Morgan fingerprint density at radius 3 is 2.94 bits per heavy atom. The Morgan fingerprint density at radius 2 is 2.18 bits per heavy atom. The maximum absolute atomic E-state index is 12.4. The van der Waals surface area contributed by atoms with Crippen molar-refractivity contribution in [3.05, 3.63) is 18.2 Å². The Balaban J connectivity index is 2.17. The Morgan fingerprint density at radius 1 is 1.29 bits per heavy atom. The molecule has 1 saturated heterocycles. The third kappa shape index (κ3) is 1.85. The van der Waals surface area contributed by atoms with Crippen molar-refractivity contribution in [1.29, 1.82) is 0 Å². The number of hydrogen-bond acceptors (Lipinski definition) is 6. The van der Waals surface area contributed by atoms with E-state index in [2.05, 4.69) is 8.75 Å². The SMILES string of the molecule is O=S(=O)(c1cccc2nsnc12)N1CCSC1. The molecule has 0 spiro atoms. The number of benzene rings is 1. The summed E-state index contributed by atoms with van der Waals surface area (Å²) >= 11 is 2.66. The average Bonchev–Trinajstić information content (AvgIpc) is 2.99. The molecule has 5 nitrogen and oxygen atoms in total. The van der Waals surface area contributed by atoms with Crippen LogP contribution >= 0.6 is 23.5 Å². The fourth-order valence-corrected chi connectivity index (χ4v) is 5.28. The Bertz CT molecular complexity index is 646. The number of nitrogens with zero attached hydrogens (tertiary/aromatic N) is 3. The van der Waals surface area contributed by atoms with Crippen molar-refractivity contribution in [3.8, 4) is 0 Å². The summed E-state index contributed by atoms with van der Waals surface area (Å²) < 4.78 is 34.4. The van der Waals surface area contributed by atoms with Crippen molar-refractivity contribution in [3.63, 3.8) is 0 Å². The van der Waals surface area contributed by atoms with Crippen LogP contribution in [0.3, 0.4) is 0 Å². The molecule has 1 aromatic heterocycles. The van der Waals surface area contributed by atoms with Crippen LogP contribution in [0, 0.1) is 0 Å². The molecule has 17 heavy (non-hydrogen) atoms. The van der Waals surface area contributed by atoms with Gasteiger partial charge in [0.1, 0.15) is 15.9 Å². The standard InChI is InChI=1S/C9H9N3O2S3/c13-17(14,12-4-5-15-6-12)8-3-1-2-7-9(8)11-16-10-7/h1-3H,4-6H2. The normalized spacial score (nSPS) is 17.9. The molecular weight excluding hydrogens is 278 g/mol. The first-order chi connectivity index (χ1) is 8.19. The minimum atomic E-state index is -3.42. The molecule has 0 atom stereocenters. The lowest BCUT2D eigenvalue weighted by molar-refractivity contribution is 0.490. The third-order valence-corrected chi connectivity index (χ3v) is 6.14. The van der Waals surface area contributed by atoms with Crippen molar-refractivity contribution in [2.24, 2.45) is 0 Å². The second kappa shape index (κ2) is 4.20. The summed E-state index contributed by atoms with van der Waals surface area (Å²) in [5.74, 6) is 1.38. The molecule has 0 bridgehead atoms. The van der Waals surface area contributed by atoms with Crippen molar-refractivity contribution in [2.45, 2.75) is 4.90 Å². The molecule has 1 fully saturated rings. The smallest absolute Gasteiger partial charge is 0.207 e. The van der Waals surface area contributed by atoms with E-state index in [9.17, 15) is 8.42 Å². The predicted octanol–water partition coefficient (Wildman–Crippen LogP) is 1.39. The van der Waals surface area contributed by atoms with E-state index in [1.54, 1.807) is 30.0 Å². The second-order valence-corrected chi connectivity index (χ2v) is 7.12. The Labute approximate surface area is 107 Å². The van der Waals surface area contributed by atoms with E-state index in [4.69, 9.17) is 0 Å². The summed E-state index contributed by atoms with van der Waals surface area (Å²) in [7, 11) is -3.42. The van der Waals surface area contributed by atoms with Gasteiger partial charge in [0.2, 0.25) is 10.0 Å². The molecule has 0 saturated carbocycles. The van der Waals surface area contributed by atoms with E-state index in [1.165, 1.54) is 4.31 Å². The molecule has 3 rings (SSSR count). The first kappa shape index (κ1) is 11.4. The molecule has 0 N–H and O–H groups in total. The molecule has 0 radical (unpaired) electrons. The third-order valence-electron chi connectivity index (χ3n) is 2.59. The van der Waals surface area contributed by atoms with Crippen molar-refractivity contribution in [2.75, 3.05) is 18.2 Å². The van der Waals surface area contributed by atoms with Crippen LogP contribution in [-0.4, -0.2) is 39.6 Å². The van der Waals surface area contributed by atoms with Crippen LogP contribution in [0.1, 0.15) is 0 Å². The van der Waals surface area contributed by atoms with E-state index in [-0.39, 0.29) is 4.90 Å². The van der Waals surface area contributed by atoms with Gasteiger partial charge >= 0.3 is 0 Å². The van der Waals surface area contributed by atoms with Crippen molar-refractivity contribution in [1.82, 2.24) is 13.1 Å². The highest BCUT2D eigenvalue weighted by molar-refractivity contribution is 8.00. The first-order valence-corrected chi connectivity index (χ1v) is 8.31. The van der Waals surface area contributed by atoms with Gasteiger partial charge in [-0.2, -0.15) is 13.1 Å². The number of aromatic nitrogens is 2. The van der Waals surface area contributed by atoms with E-state index in [0.29, 0.717) is 23.5 Å². The topological polar surface area (TPSA) is 63.2 Å². The average molecular weight is 287 g/mol. The molecule has 0 unspecified atom stereocenters. The fourth-order valence-electron chi connectivity index (χ4n) is 1.72. The number of sulfonamides is 1. The van der Waals surface area contributed by atoms with E-state index >= 15 is 0 Å². The van der Waals surface area contributed by atoms with Crippen LogP contribution in [-0.2, 0) is 10.0 Å². The zero-order valence-electron chi connectivity index (χ0n) is 8.74. The van der Waals surface area contributed by atoms with Gasteiger partial charge in [-0.3, -0.25) is 0 Å². The summed E-state index contributed by atoms with van der Waals surface area (Å²) in [5, 5.41) is 0. The van der Waals surface area contributed by atoms with Crippen LogP contribution in [0.25, 0.3) is 11.0 Å². The Hall–Kier alpha value is -0.700. The number of rotatable bonds is 2. The molecule has 1 aliphatic heterocycles. The highest BCUT2D eigenvalue weighted by Gasteiger charge is 2.29. The molecule has 2 heterocycles. The summed E-state index contributed by atoms with van der Waals surface area (Å²) in [6.45, 7) is 0.570. The van der Waals surface area contributed by atoms with Crippen LogP contribution < -0.4 is 0 Å².